The average molecular weight is 561 g/mol. The number of fused-ring (bicyclic) bond motifs is 1. The number of ether oxygens (including phenoxy) is 1. The summed E-state index contributed by atoms with van der Waals surface area (Å²) in [6, 6.07) is 21.0. The molecule has 0 amide bonds. The van der Waals surface area contributed by atoms with Crippen molar-refractivity contribution < 1.29 is 17.9 Å². The number of hydrogen-bond acceptors (Lipinski definition) is 7. The van der Waals surface area contributed by atoms with Gasteiger partial charge in [0.1, 0.15) is 11.6 Å². The average Bonchev–Trinajstić information content (AvgIpc) is 3.42. The second-order valence-corrected chi connectivity index (χ2v) is 10.5. The van der Waals surface area contributed by atoms with E-state index >= 15 is 0 Å². The van der Waals surface area contributed by atoms with Crippen molar-refractivity contribution in [3.8, 4) is 5.75 Å². The molecule has 4 aromatic rings. The molecule has 41 heavy (non-hydrogen) atoms. The minimum absolute atomic E-state index is 0.554. The summed E-state index contributed by atoms with van der Waals surface area (Å²) in [5.41, 5.74) is 5.12. The minimum Gasteiger partial charge on any atom is -0.497 e. The van der Waals surface area contributed by atoms with E-state index in [0.717, 1.165) is 55.6 Å². The molecule has 212 valence electrons. The second kappa shape index (κ2) is 11.4. The number of hydrogen-bond donors (Lipinski definition) is 0. The quantitative estimate of drug-likeness (QED) is 0.303. The van der Waals surface area contributed by atoms with Gasteiger partial charge in [0, 0.05) is 64.0 Å². The zero-order chi connectivity index (χ0) is 28.4. The van der Waals surface area contributed by atoms with Crippen molar-refractivity contribution in [3.05, 3.63) is 106 Å². The Labute approximate surface area is 237 Å². The molecule has 0 N–H and O–H groups in total. The summed E-state index contributed by atoms with van der Waals surface area (Å²) in [6.07, 6.45) is -2.76. The number of piperazine rings is 1. The molecule has 0 aliphatic carbocycles. The van der Waals surface area contributed by atoms with Crippen molar-refractivity contribution in [1.29, 1.82) is 0 Å². The van der Waals surface area contributed by atoms with E-state index in [4.69, 9.17) is 14.9 Å². The molecule has 10 heteroatoms. The normalized spacial score (nSPS) is 15.7. The van der Waals surface area contributed by atoms with Crippen molar-refractivity contribution in [1.82, 2.24) is 20.1 Å². The van der Waals surface area contributed by atoms with Gasteiger partial charge in [0.2, 0.25) is 0 Å². The van der Waals surface area contributed by atoms with E-state index in [0.29, 0.717) is 32.0 Å². The van der Waals surface area contributed by atoms with Gasteiger partial charge in [-0.1, -0.05) is 42.5 Å². The zero-order valence-electron chi connectivity index (χ0n) is 22.8. The molecule has 4 heterocycles. The molecule has 2 aliphatic heterocycles. The third-order valence-electron chi connectivity index (χ3n) is 7.77. The Morgan fingerprint density at radius 1 is 0.780 bits per heavy atom. The van der Waals surface area contributed by atoms with Crippen LogP contribution in [0, 0.1) is 0 Å². The predicted molar refractivity (Wildman–Crippen MR) is 151 cm³/mol. The van der Waals surface area contributed by atoms with Crippen LogP contribution in [0.5, 0.6) is 5.75 Å². The lowest BCUT2D eigenvalue weighted by atomic mass is 10.0. The molecule has 2 aromatic heterocycles. The van der Waals surface area contributed by atoms with Crippen LogP contribution in [0.3, 0.4) is 0 Å². The van der Waals surface area contributed by atoms with E-state index in [-0.39, 0.29) is 0 Å². The number of anilines is 2. The summed E-state index contributed by atoms with van der Waals surface area (Å²) in [7, 11) is 1.67. The Hall–Kier alpha value is -4.18. The van der Waals surface area contributed by atoms with Gasteiger partial charge >= 0.3 is 6.18 Å². The molecule has 0 unspecified atom stereocenters. The number of nitrogens with zero attached hydrogens (tertiary/aromatic N) is 6. The lowest BCUT2D eigenvalue weighted by Crippen LogP contribution is -2.47. The number of rotatable bonds is 7. The van der Waals surface area contributed by atoms with Crippen LogP contribution < -0.4 is 14.5 Å². The van der Waals surface area contributed by atoms with Crippen molar-refractivity contribution in [2.75, 3.05) is 43.1 Å². The first kappa shape index (κ1) is 27.0. The van der Waals surface area contributed by atoms with Gasteiger partial charge in [-0.15, -0.1) is 5.10 Å². The molecule has 0 spiro atoms. The van der Waals surface area contributed by atoms with Crippen molar-refractivity contribution in [2.45, 2.75) is 32.2 Å². The smallest absolute Gasteiger partial charge is 0.417 e. The fraction of sp³-hybridized carbons (Fsp3) is 0.323. The van der Waals surface area contributed by atoms with Crippen LogP contribution in [-0.2, 0) is 32.2 Å². The van der Waals surface area contributed by atoms with E-state index in [9.17, 15) is 13.2 Å². The zero-order valence-corrected chi connectivity index (χ0v) is 22.8. The molecule has 1 saturated heterocycles. The fourth-order valence-electron chi connectivity index (χ4n) is 5.57. The first-order chi connectivity index (χ1) is 19.9. The van der Waals surface area contributed by atoms with Crippen molar-refractivity contribution >= 4 is 11.6 Å². The first-order valence-corrected chi connectivity index (χ1v) is 13.7. The summed E-state index contributed by atoms with van der Waals surface area (Å²) in [5, 5.41) is 9.47. The maximum atomic E-state index is 13.0. The SMILES string of the molecule is COc1ccc(CN2Cc3c(Cc4ccccc4)nnc(N4CCN(c5ccc(C(F)(F)F)cn5)CC4)c3C2)cc1. The fourth-order valence-corrected chi connectivity index (χ4v) is 5.57. The molecular formula is C31H31F3N6O. The van der Waals surface area contributed by atoms with Gasteiger partial charge in [-0.25, -0.2) is 4.98 Å². The Morgan fingerprint density at radius 3 is 2.15 bits per heavy atom. The Morgan fingerprint density at radius 2 is 1.49 bits per heavy atom. The van der Waals surface area contributed by atoms with E-state index in [1.54, 1.807) is 7.11 Å². The highest BCUT2D eigenvalue weighted by atomic mass is 19.4. The van der Waals surface area contributed by atoms with Crippen molar-refractivity contribution in [3.63, 3.8) is 0 Å². The highest BCUT2D eigenvalue weighted by molar-refractivity contribution is 5.55. The Kier molecular flexibility index (Phi) is 7.49. The van der Waals surface area contributed by atoms with Gasteiger partial charge in [-0.2, -0.15) is 18.3 Å². The molecule has 0 saturated carbocycles. The van der Waals surface area contributed by atoms with Gasteiger partial charge in [0.05, 0.1) is 18.4 Å². The molecule has 6 rings (SSSR count). The van der Waals surface area contributed by atoms with Crippen LogP contribution in [0.4, 0.5) is 24.8 Å². The Balaban J connectivity index is 1.21. The predicted octanol–water partition coefficient (Wildman–Crippen LogP) is 5.33. The molecule has 7 nitrogen and oxygen atoms in total. The van der Waals surface area contributed by atoms with Gasteiger partial charge in [0.15, 0.2) is 5.82 Å². The maximum Gasteiger partial charge on any atom is 0.417 e. The highest BCUT2D eigenvalue weighted by Gasteiger charge is 2.32. The third kappa shape index (κ3) is 5.97. The van der Waals surface area contributed by atoms with E-state index < -0.39 is 11.7 Å². The van der Waals surface area contributed by atoms with Crippen LogP contribution in [0.2, 0.25) is 0 Å². The summed E-state index contributed by atoms with van der Waals surface area (Å²) < 4.78 is 44.2. The molecule has 0 radical (unpaired) electrons. The van der Waals surface area contributed by atoms with Gasteiger partial charge in [-0.3, -0.25) is 4.90 Å². The molecule has 0 bridgehead atoms. The number of benzene rings is 2. The van der Waals surface area contributed by atoms with Gasteiger partial charge < -0.3 is 14.5 Å². The summed E-state index contributed by atoms with van der Waals surface area (Å²) >= 11 is 0. The standard InChI is InChI=1S/C31H31F3N6O/c1-41-25-10-7-23(8-11-25)19-38-20-26-27(21-38)30(37-36-28(26)17-22-5-3-2-4-6-22)40-15-13-39(14-16-40)29-12-9-24(18-35-29)31(32,33)34/h2-12,18H,13-17,19-21H2,1H3. The summed E-state index contributed by atoms with van der Waals surface area (Å²) in [4.78, 5) is 10.8. The molecule has 2 aliphatic rings. The van der Waals surface area contributed by atoms with E-state index in [1.807, 2.05) is 35.2 Å². The number of aromatic nitrogens is 3. The lowest BCUT2D eigenvalue weighted by molar-refractivity contribution is -0.137. The van der Waals surface area contributed by atoms with Crippen LogP contribution in [0.1, 0.15) is 33.5 Å². The second-order valence-electron chi connectivity index (χ2n) is 10.5. The van der Waals surface area contributed by atoms with Gasteiger partial charge in [-0.05, 0) is 41.0 Å². The molecule has 0 atom stereocenters. The summed E-state index contributed by atoms with van der Waals surface area (Å²) in [6.45, 7) is 5.00. The van der Waals surface area contributed by atoms with E-state index in [2.05, 4.69) is 39.0 Å². The number of halogens is 3. The first-order valence-electron chi connectivity index (χ1n) is 13.7. The number of alkyl halides is 3. The van der Waals surface area contributed by atoms with Crippen LogP contribution in [0.15, 0.2) is 72.9 Å². The Bertz CT molecular complexity index is 1470. The maximum absolute atomic E-state index is 13.0. The topological polar surface area (TPSA) is 57.6 Å². The largest absolute Gasteiger partial charge is 0.497 e. The van der Waals surface area contributed by atoms with Crippen molar-refractivity contribution in [2.24, 2.45) is 0 Å². The number of pyridine rings is 1. The summed E-state index contributed by atoms with van der Waals surface area (Å²) in [5.74, 6) is 2.29. The minimum atomic E-state index is -4.39. The van der Waals surface area contributed by atoms with E-state index in [1.165, 1.54) is 28.3 Å². The van der Waals surface area contributed by atoms with Crippen LogP contribution in [-0.4, -0.2) is 53.4 Å². The van der Waals surface area contributed by atoms with Crippen LogP contribution >= 0.6 is 0 Å². The molecule has 2 aromatic carbocycles. The monoisotopic (exact) mass is 560 g/mol. The molecule has 1 fully saturated rings. The third-order valence-corrected chi connectivity index (χ3v) is 7.77. The lowest BCUT2D eigenvalue weighted by Gasteiger charge is -2.36. The van der Waals surface area contributed by atoms with Gasteiger partial charge in [0.25, 0.3) is 0 Å². The van der Waals surface area contributed by atoms with Crippen LogP contribution in [0.25, 0.3) is 0 Å². The highest BCUT2D eigenvalue weighted by Crippen LogP contribution is 2.34. The molecular weight excluding hydrogens is 529 g/mol. The number of methoxy groups -OCH3 is 1.